The van der Waals surface area contributed by atoms with Gasteiger partial charge in [0.2, 0.25) is 5.91 Å². The average Bonchev–Trinajstić information content (AvgIpc) is 2.89. The number of likely N-dealkylation sites (tertiary alicyclic amines) is 2. The van der Waals surface area contributed by atoms with Crippen LogP contribution in [0.15, 0.2) is 23.3 Å². The number of hydrogen-bond acceptors (Lipinski definition) is 6. The maximum atomic E-state index is 12.9. The summed E-state index contributed by atoms with van der Waals surface area (Å²) in [4.78, 5) is 40.3. The Bertz CT molecular complexity index is 764. The second-order valence-electron chi connectivity index (χ2n) is 7.64. The molecule has 1 atom stereocenters. The lowest BCUT2D eigenvalue weighted by Crippen LogP contribution is -2.56. The maximum absolute atomic E-state index is 12.9. The molecule has 1 unspecified atom stereocenters. The number of amides is 3. The average molecular weight is 386 g/mol. The number of hydrogen-bond donors (Lipinski definition) is 2. The van der Waals surface area contributed by atoms with Crippen molar-refractivity contribution in [2.24, 2.45) is 5.92 Å². The zero-order valence-electron chi connectivity index (χ0n) is 16.3. The number of nitrogens with zero attached hydrogens (tertiary/aromatic N) is 2. The quantitative estimate of drug-likeness (QED) is 0.413. The lowest BCUT2D eigenvalue weighted by molar-refractivity contribution is -0.154. The van der Waals surface area contributed by atoms with Gasteiger partial charge >= 0.3 is 0 Å². The second-order valence-corrected chi connectivity index (χ2v) is 7.64. The molecule has 150 valence electrons. The summed E-state index contributed by atoms with van der Waals surface area (Å²) in [5, 5.41) is 16.1. The first-order chi connectivity index (χ1) is 13.3. The molecule has 2 N–H and O–H groups in total. The zero-order valence-corrected chi connectivity index (χ0v) is 16.3. The molecular weight excluding hydrogens is 360 g/mol. The van der Waals surface area contributed by atoms with Gasteiger partial charge < -0.3 is 4.74 Å². The summed E-state index contributed by atoms with van der Waals surface area (Å²) in [7, 11) is 0. The van der Waals surface area contributed by atoms with Crippen molar-refractivity contribution in [3.8, 4) is 0 Å². The predicted molar refractivity (Wildman–Crippen MR) is 103 cm³/mol. The number of carbonyl (C=O) groups excluding carboxylic acids is 3. The van der Waals surface area contributed by atoms with Crippen LogP contribution in [0.3, 0.4) is 0 Å². The van der Waals surface area contributed by atoms with Gasteiger partial charge in [0.05, 0.1) is 6.54 Å². The highest BCUT2D eigenvalue weighted by molar-refractivity contribution is 6.27. The number of piperidine rings is 1. The van der Waals surface area contributed by atoms with Crippen LogP contribution >= 0.6 is 0 Å². The van der Waals surface area contributed by atoms with Gasteiger partial charge in [0.1, 0.15) is 18.5 Å². The standard InChI is InChI=1S/C20H26N4O4/c1-12(2)11-16(21)28-10-9-23-17(25)8-7-15(20(23)27)24-18(22)13-5-3-4-6-14(13)19(24)26/h5-6,12,15,21-22H,3-4,7-11H2,1-2H3. The number of nitrogens with one attached hydrogen (secondary N) is 2. The molecule has 0 radical (unpaired) electrons. The molecule has 0 saturated carbocycles. The van der Waals surface area contributed by atoms with Gasteiger partial charge in [-0.2, -0.15) is 0 Å². The zero-order chi connectivity index (χ0) is 20.4. The van der Waals surface area contributed by atoms with Crippen LogP contribution in [0.4, 0.5) is 0 Å². The van der Waals surface area contributed by atoms with Crippen LogP contribution in [0.5, 0.6) is 0 Å². The molecule has 3 aliphatic rings. The maximum Gasteiger partial charge on any atom is 0.260 e. The number of fused-ring (bicyclic) bond motifs is 1. The number of allylic oxidation sites excluding steroid dienone is 2. The molecule has 0 bridgehead atoms. The molecule has 2 heterocycles. The Morgan fingerprint density at radius 2 is 1.89 bits per heavy atom. The fourth-order valence-corrected chi connectivity index (χ4v) is 3.75. The first-order valence-corrected chi connectivity index (χ1v) is 9.68. The van der Waals surface area contributed by atoms with E-state index in [1.54, 1.807) is 0 Å². The molecule has 0 aromatic carbocycles. The summed E-state index contributed by atoms with van der Waals surface area (Å²) >= 11 is 0. The Balaban J connectivity index is 1.68. The van der Waals surface area contributed by atoms with Gasteiger partial charge in [0.25, 0.3) is 11.8 Å². The van der Waals surface area contributed by atoms with Crippen LogP contribution < -0.4 is 0 Å². The highest BCUT2D eigenvalue weighted by atomic mass is 16.5. The Labute approximate surface area is 164 Å². The Morgan fingerprint density at radius 3 is 2.54 bits per heavy atom. The van der Waals surface area contributed by atoms with Crippen LogP contribution in [-0.2, 0) is 19.1 Å². The van der Waals surface area contributed by atoms with Gasteiger partial charge in [0.15, 0.2) is 5.90 Å². The number of amidine groups is 1. The SMILES string of the molecule is CC(C)CC(=N)OCCN1C(=O)CCC(N2C(=N)C3=CCCC=C3C2=O)C1=O. The fourth-order valence-electron chi connectivity index (χ4n) is 3.75. The van der Waals surface area contributed by atoms with Crippen molar-refractivity contribution in [1.82, 2.24) is 9.80 Å². The molecule has 8 nitrogen and oxygen atoms in total. The van der Waals surface area contributed by atoms with Crippen LogP contribution in [0, 0.1) is 16.7 Å². The summed E-state index contributed by atoms with van der Waals surface area (Å²) in [5.41, 5.74) is 1.07. The molecular formula is C20H26N4O4. The highest BCUT2D eigenvalue weighted by Crippen LogP contribution is 2.33. The van der Waals surface area contributed by atoms with Gasteiger partial charge in [-0.25, -0.2) is 0 Å². The molecule has 0 aromatic rings. The van der Waals surface area contributed by atoms with E-state index in [1.165, 1.54) is 4.90 Å². The topological polar surface area (TPSA) is 115 Å². The molecule has 3 rings (SSSR count). The normalized spacial score (nSPS) is 22.5. The Hall–Kier alpha value is -2.77. The van der Waals surface area contributed by atoms with E-state index in [4.69, 9.17) is 15.6 Å². The molecule has 28 heavy (non-hydrogen) atoms. The Kier molecular flexibility index (Phi) is 5.76. The van der Waals surface area contributed by atoms with E-state index in [2.05, 4.69) is 0 Å². The minimum Gasteiger partial charge on any atom is -0.479 e. The van der Waals surface area contributed by atoms with Crippen LogP contribution in [-0.4, -0.2) is 58.4 Å². The van der Waals surface area contributed by atoms with Crippen molar-refractivity contribution in [3.05, 3.63) is 23.3 Å². The molecule has 0 spiro atoms. The van der Waals surface area contributed by atoms with Gasteiger partial charge in [-0.3, -0.25) is 35.0 Å². The predicted octanol–water partition coefficient (Wildman–Crippen LogP) is 2.01. The van der Waals surface area contributed by atoms with E-state index in [0.717, 1.165) is 17.7 Å². The first kappa shape index (κ1) is 20.0. The van der Waals surface area contributed by atoms with Gasteiger partial charge in [-0.1, -0.05) is 26.0 Å². The van der Waals surface area contributed by atoms with Crippen LogP contribution in [0.1, 0.15) is 46.0 Å². The van der Waals surface area contributed by atoms with Crippen LogP contribution in [0.2, 0.25) is 0 Å². The largest absolute Gasteiger partial charge is 0.479 e. The van der Waals surface area contributed by atoms with E-state index in [0.29, 0.717) is 17.6 Å². The third-order valence-corrected chi connectivity index (χ3v) is 5.08. The van der Waals surface area contributed by atoms with E-state index >= 15 is 0 Å². The van der Waals surface area contributed by atoms with Crippen molar-refractivity contribution < 1.29 is 19.1 Å². The van der Waals surface area contributed by atoms with Crippen molar-refractivity contribution in [3.63, 3.8) is 0 Å². The van der Waals surface area contributed by atoms with E-state index in [1.807, 2.05) is 26.0 Å². The van der Waals surface area contributed by atoms with Crippen molar-refractivity contribution in [2.45, 2.75) is 52.0 Å². The molecule has 2 aliphatic heterocycles. The van der Waals surface area contributed by atoms with Crippen LogP contribution in [0.25, 0.3) is 0 Å². The fraction of sp³-hybridized carbons (Fsp3) is 0.550. The van der Waals surface area contributed by atoms with Crippen molar-refractivity contribution in [1.29, 1.82) is 10.8 Å². The Morgan fingerprint density at radius 1 is 1.21 bits per heavy atom. The molecule has 0 aromatic heterocycles. The summed E-state index contributed by atoms with van der Waals surface area (Å²) in [6.45, 7) is 4.04. The lowest BCUT2D eigenvalue weighted by atomic mass is 10.00. The lowest BCUT2D eigenvalue weighted by Gasteiger charge is -2.35. The number of carbonyl (C=O) groups is 3. The number of imide groups is 1. The minimum absolute atomic E-state index is 0.0371. The summed E-state index contributed by atoms with van der Waals surface area (Å²) in [6, 6.07) is -0.847. The molecule has 2 fully saturated rings. The molecule has 1 aliphatic carbocycles. The van der Waals surface area contributed by atoms with Crippen molar-refractivity contribution >= 4 is 29.5 Å². The van der Waals surface area contributed by atoms with E-state index in [-0.39, 0.29) is 55.5 Å². The summed E-state index contributed by atoms with van der Waals surface area (Å²) in [5.74, 6) is -0.669. The monoisotopic (exact) mass is 386 g/mol. The van der Waals surface area contributed by atoms with Gasteiger partial charge in [-0.15, -0.1) is 0 Å². The van der Waals surface area contributed by atoms with Crippen molar-refractivity contribution in [2.75, 3.05) is 13.2 Å². The third-order valence-electron chi connectivity index (χ3n) is 5.08. The molecule has 3 amide bonds. The van der Waals surface area contributed by atoms with E-state index < -0.39 is 11.9 Å². The summed E-state index contributed by atoms with van der Waals surface area (Å²) < 4.78 is 5.33. The highest BCUT2D eigenvalue weighted by Gasteiger charge is 2.46. The number of rotatable bonds is 6. The second kappa shape index (κ2) is 8.08. The minimum atomic E-state index is -0.847. The van der Waals surface area contributed by atoms with Gasteiger partial charge in [0, 0.05) is 24.0 Å². The first-order valence-electron chi connectivity index (χ1n) is 9.68. The molecule has 2 saturated heterocycles. The third kappa shape index (κ3) is 3.76. The summed E-state index contributed by atoms with van der Waals surface area (Å²) in [6.07, 6.45) is 6.03. The smallest absolute Gasteiger partial charge is 0.260 e. The van der Waals surface area contributed by atoms with Gasteiger partial charge in [-0.05, 0) is 25.2 Å². The van der Waals surface area contributed by atoms with E-state index in [9.17, 15) is 14.4 Å². The number of ether oxygens (including phenoxy) is 1. The molecule has 8 heteroatoms.